The molecule has 0 aromatic heterocycles. The molecule has 0 aliphatic carbocycles. The lowest BCUT2D eigenvalue weighted by Crippen LogP contribution is -2.42. The molecule has 0 fully saturated rings. The van der Waals surface area contributed by atoms with E-state index >= 15 is 0 Å². The molecule has 1 N–H and O–H groups in total. The molecular formula is C26H30N2O4S. The van der Waals surface area contributed by atoms with Gasteiger partial charge in [-0.3, -0.25) is 9.10 Å². The minimum atomic E-state index is -3.93. The summed E-state index contributed by atoms with van der Waals surface area (Å²) in [6.45, 7) is 7.98. The van der Waals surface area contributed by atoms with Crippen molar-refractivity contribution in [1.29, 1.82) is 0 Å². The van der Waals surface area contributed by atoms with Gasteiger partial charge in [-0.25, -0.2) is 8.42 Å². The number of amides is 1. The highest BCUT2D eigenvalue weighted by Gasteiger charge is 2.28. The summed E-state index contributed by atoms with van der Waals surface area (Å²) >= 11 is 0. The third-order valence-corrected chi connectivity index (χ3v) is 7.20. The molecule has 6 nitrogen and oxygen atoms in total. The topological polar surface area (TPSA) is 75.7 Å². The van der Waals surface area contributed by atoms with Crippen LogP contribution in [0.1, 0.15) is 22.3 Å². The van der Waals surface area contributed by atoms with E-state index < -0.39 is 15.9 Å². The highest BCUT2D eigenvalue weighted by molar-refractivity contribution is 7.92. The number of anilines is 1. The number of hydrogen-bond acceptors (Lipinski definition) is 4. The molecule has 0 radical (unpaired) electrons. The van der Waals surface area contributed by atoms with E-state index in [-0.39, 0.29) is 24.6 Å². The van der Waals surface area contributed by atoms with Crippen molar-refractivity contribution in [2.24, 2.45) is 0 Å². The van der Waals surface area contributed by atoms with Gasteiger partial charge in [0.05, 0.1) is 17.1 Å². The van der Waals surface area contributed by atoms with Gasteiger partial charge in [0, 0.05) is 0 Å². The van der Waals surface area contributed by atoms with E-state index in [1.54, 1.807) is 24.3 Å². The van der Waals surface area contributed by atoms with Crippen LogP contribution in [0.25, 0.3) is 0 Å². The van der Waals surface area contributed by atoms with Crippen molar-refractivity contribution in [3.63, 3.8) is 0 Å². The largest absolute Gasteiger partial charge is 0.492 e. The Labute approximate surface area is 196 Å². The first-order valence-corrected chi connectivity index (χ1v) is 12.2. The summed E-state index contributed by atoms with van der Waals surface area (Å²) in [6.07, 6.45) is 0. The number of nitrogens with one attached hydrogen (secondary N) is 1. The molecule has 0 unspecified atom stereocenters. The average molecular weight is 467 g/mol. The van der Waals surface area contributed by atoms with Gasteiger partial charge in [0.25, 0.3) is 10.0 Å². The molecule has 7 heteroatoms. The van der Waals surface area contributed by atoms with Crippen molar-refractivity contribution >= 4 is 21.6 Å². The lowest BCUT2D eigenvalue weighted by Gasteiger charge is -2.26. The second kappa shape index (κ2) is 10.5. The van der Waals surface area contributed by atoms with Gasteiger partial charge < -0.3 is 10.1 Å². The quantitative estimate of drug-likeness (QED) is 0.477. The zero-order valence-electron chi connectivity index (χ0n) is 19.5. The van der Waals surface area contributed by atoms with Crippen LogP contribution in [0, 0.1) is 27.7 Å². The molecule has 0 aliphatic rings. The van der Waals surface area contributed by atoms with Crippen LogP contribution < -0.4 is 14.4 Å². The molecule has 1 amide bonds. The molecular weight excluding hydrogens is 436 g/mol. The fourth-order valence-electron chi connectivity index (χ4n) is 3.36. The molecule has 3 aromatic rings. The zero-order valence-corrected chi connectivity index (χ0v) is 20.3. The van der Waals surface area contributed by atoms with Crippen molar-refractivity contribution in [1.82, 2.24) is 5.32 Å². The first-order valence-electron chi connectivity index (χ1n) is 10.8. The maximum atomic E-state index is 13.4. The number of sulfonamides is 1. The predicted octanol–water partition coefficient (Wildman–Crippen LogP) is 4.31. The molecule has 0 spiro atoms. The van der Waals surface area contributed by atoms with Gasteiger partial charge in [0.2, 0.25) is 5.91 Å². The lowest BCUT2D eigenvalue weighted by molar-refractivity contribution is -0.119. The highest BCUT2D eigenvalue weighted by Crippen LogP contribution is 2.27. The van der Waals surface area contributed by atoms with E-state index in [0.717, 1.165) is 22.4 Å². The number of rotatable bonds is 9. The molecule has 33 heavy (non-hydrogen) atoms. The van der Waals surface area contributed by atoms with Gasteiger partial charge in [-0.1, -0.05) is 36.4 Å². The Kier molecular flexibility index (Phi) is 7.76. The minimum Gasteiger partial charge on any atom is -0.492 e. The zero-order chi connectivity index (χ0) is 24.0. The number of aryl methyl sites for hydroxylation is 4. The van der Waals surface area contributed by atoms with E-state index in [4.69, 9.17) is 4.74 Å². The summed E-state index contributed by atoms with van der Waals surface area (Å²) < 4.78 is 33.7. The fourth-order valence-corrected chi connectivity index (χ4v) is 4.86. The molecule has 0 atom stereocenters. The smallest absolute Gasteiger partial charge is 0.264 e. The van der Waals surface area contributed by atoms with Gasteiger partial charge >= 0.3 is 0 Å². The van der Waals surface area contributed by atoms with Crippen LogP contribution in [0.2, 0.25) is 0 Å². The van der Waals surface area contributed by atoms with Crippen LogP contribution in [0.4, 0.5) is 5.69 Å². The Morgan fingerprint density at radius 1 is 0.879 bits per heavy atom. The summed E-state index contributed by atoms with van der Waals surface area (Å²) in [7, 11) is -3.93. The molecule has 0 bridgehead atoms. The minimum absolute atomic E-state index is 0.136. The molecule has 3 aromatic carbocycles. The first kappa shape index (κ1) is 24.3. The van der Waals surface area contributed by atoms with Crippen molar-refractivity contribution in [2.45, 2.75) is 32.6 Å². The van der Waals surface area contributed by atoms with E-state index in [1.807, 2.05) is 58.0 Å². The van der Waals surface area contributed by atoms with Crippen molar-refractivity contribution in [2.75, 3.05) is 24.0 Å². The summed E-state index contributed by atoms with van der Waals surface area (Å²) in [4.78, 5) is 12.9. The lowest BCUT2D eigenvalue weighted by atomic mass is 10.1. The number of carbonyl (C=O) groups excluding carboxylic acids is 1. The van der Waals surface area contributed by atoms with Gasteiger partial charge in [0.1, 0.15) is 18.9 Å². The van der Waals surface area contributed by atoms with Crippen molar-refractivity contribution in [3.05, 3.63) is 89.0 Å². The van der Waals surface area contributed by atoms with Crippen LogP contribution in [0.5, 0.6) is 5.75 Å². The fraction of sp³-hybridized carbons (Fsp3) is 0.269. The molecule has 3 rings (SSSR count). The van der Waals surface area contributed by atoms with Gasteiger partial charge in [-0.05, 0) is 80.3 Å². The normalized spacial score (nSPS) is 11.2. The maximum absolute atomic E-state index is 13.4. The summed E-state index contributed by atoms with van der Waals surface area (Å²) in [5.74, 6) is 0.329. The Morgan fingerprint density at radius 2 is 1.58 bits per heavy atom. The molecule has 0 saturated heterocycles. The summed E-state index contributed by atoms with van der Waals surface area (Å²) in [5.41, 5.74) is 4.48. The van der Waals surface area contributed by atoms with Crippen molar-refractivity contribution < 1.29 is 17.9 Å². The predicted molar refractivity (Wildman–Crippen MR) is 131 cm³/mol. The second-order valence-electron chi connectivity index (χ2n) is 8.06. The number of nitrogens with zero attached hydrogens (tertiary/aromatic N) is 1. The van der Waals surface area contributed by atoms with E-state index in [0.29, 0.717) is 5.69 Å². The van der Waals surface area contributed by atoms with E-state index in [1.165, 1.54) is 22.0 Å². The SMILES string of the molecule is Cc1ccc(C)c(N(CC(=O)NCCOc2ccc(C)c(C)c2)S(=O)(=O)c2ccccc2)c1. The highest BCUT2D eigenvalue weighted by atomic mass is 32.2. The van der Waals surface area contributed by atoms with Crippen LogP contribution in [-0.2, 0) is 14.8 Å². The molecule has 0 heterocycles. The number of ether oxygens (including phenoxy) is 1. The average Bonchev–Trinajstić information content (AvgIpc) is 2.79. The molecule has 0 aliphatic heterocycles. The summed E-state index contributed by atoms with van der Waals surface area (Å²) in [5, 5.41) is 2.77. The second-order valence-corrected chi connectivity index (χ2v) is 9.92. The maximum Gasteiger partial charge on any atom is 0.264 e. The summed E-state index contributed by atoms with van der Waals surface area (Å²) in [6, 6.07) is 19.5. The Hall–Kier alpha value is -3.32. The number of hydrogen-bond donors (Lipinski definition) is 1. The Balaban J connectivity index is 1.72. The van der Waals surface area contributed by atoms with E-state index in [2.05, 4.69) is 5.32 Å². The number of carbonyl (C=O) groups is 1. The van der Waals surface area contributed by atoms with Gasteiger partial charge in [-0.15, -0.1) is 0 Å². The molecule has 0 saturated carbocycles. The standard InChI is InChI=1S/C26H30N2O4S/c1-19-10-11-21(3)25(16-19)28(33(30,31)24-8-6-5-7-9-24)18-26(29)27-14-15-32-23-13-12-20(2)22(4)17-23/h5-13,16-17H,14-15,18H2,1-4H3,(H,27,29). The number of benzene rings is 3. The molecule has 174 valence electrons. The van der Waals surface area contributed by atoms with Crippen LogP contribution in [0.15, 0.2) is 71.6 Å². The third kappa shape index (κ3) is 6.14. The van der Waals surface area contributed by atoms with Gasteiger partial charge in [0.15, 0.2) is 0 Å². The van der Waals surface area contributed by atoms with Crippen LogP contribution in [-0.4, -0.2) is 34.0 Å². The van der Waals surface area contributed by atoms with Crippen molar-refractivity contribution in [3.8, 4) is 5.75 Å². The first-order chi connectivity index (χ1) is 15.7. The monoisotopic (exact) mass is 466 g/mol. The van der Waals surface area contributed by atoms with Crippen LogP contribution >= 0.6 is 0 Å². The van der Waals surface area contributed by atoms with Crippen LogP contribution in [0.3, 0.4) is 0 Å². The Morgan fingerprint density at radius 3 is 2.27 bits per heavy atom. The third-order valence-electron chi connectivity index (χ3n) is 5.42. The van der Waals surface area contributed by atoms with E-state index in [9.17, 15) is 13.2 Å². The van der Waals surface area contributed by atoms with Gasteiger partial charge in [-0.2, -0.15) is 0 Å². The Bertz CT molecular complexity index is 1220.